The van der Waals surface area contributed by atoms with E-state index < -0.39 is 0 Å². The summed E-state index contributed by atoms with van der Waals surface area (Å²) in [5.41, 5.74) is 1.40. The summed E-state index contributed by atoms with van der Waals surface area (Å²) in [6.07, 6.45) is 9.61. The van der Waals surface area contributed by atoms with E-state index in [1.165, 1.54) is 5.57 Å². The predicted octanol–water partition coefficient (Wildman–Crippen LogP) is 4.11. The van der Waals surface area contributed by atoms with E-state index in [0.717, 1.165) is 19.3 Å². The molecule has 0 spiro atoms. The summed E-state index contributed by atoms with van der Waals surface area (Å²) in [6.45, 7) is 11.8. The van der Waals surface area contributed by atoms with Crippen molar-refractivity contribution in [2.45, 2.75) is 33.1 Å². The largest absolute Gasteiger partial charge is 0.103 e. The van der Waals surface area contributed by atoms with Crippen molar-refractivity contribution in [3.05, 3.63) is 37.0 Å². The van der Waals surface area contributed by atoms with Gasteiger partial charge in [-0.15, -0.1) is 13.2 Å². The van der Waals surface area contributed by atoms with Crippen LogP contribution in [0.3, 0.4) is 0 Å². The highest BCUT2D eigenvalue weighted by Crippen LogP contribution is 2.15. The molecule has 0 nitrogen and oxygen atoms in total. The van der Waals surface area contributed by atoms with Gasteiger partial charge in [0.2, 0.25) is 0 Å². The van der Waals surface area contributed by atoms with Crippen molar-refractivity contribution >= 4 is 0 Å². The molecule has 0 bridgehead atoms. The molecule has 68 valence electrons. The van der Waals surface area contributed by atoms with Crippen LogP contribution in [0.2, 0.25) is 0 Å². The first-order chi connectivity index (χ1) is 5.70. The normalized spacial score (nSPS) is 9.58. The van der Waals surface area contributed by atoms with Gasteiger partial charge >= 0.3 is 0 Å². The van der Waals surface area contributed by atoms with Crippen LogP contribution < -0.4 is 0 Å². The Morgan fingerprint density at radius 2 is 1.58 bits per heavy atom. The lowest BCUT2D eigenvalue weighted by atomic mass is 9.96. The fourth-order valence-electron chi connectivity index (χ4n) is 1.16. The summed E-state index contributed by atoms with van der Waals surface area (Å²) in [7, 11) is 0. The lowest BCUT2D eigenvalue weighted by Crippen LogP contribution is -1.95. The quantitative estimate of drug-likeness (QED) is 0.518. The summed E-state index contributed by atoms with van der Waals surface area (Å²) in [5.74, 6) is 0.704. The Morgan fingerprint density at radius 1 is 1.08 bits per heavy atom. The van der Waals surface area contributed by atoms with Crippen LogP contribution >= 0.6 is 0 Å². The lowest BCUT2D eigenvalue weighted by molar-refractivity contribution is 0.550. The third-order valence-electron chi connectivity index (χ3n) is 1.86. The molecule has 0 saturated carbocycles. The van der Waals surface area contributed by atoms with E-state index in [4.69, 9.17) is 0 Å². The summed E-state index contributed by atoms with van der Waals surface area (Å²) in [6, 6.07) is 0. The van der Waals surface area contributed by atoms with E-state index in [1.807, 2.05) is 12.2 Å². The highest BCUT2D eigenvalue weighted by atomic mass is 14.1. The van der Waals surface area contributed by atoms with Crippen LogP contribution in [0.4, 0.5) is 0 Å². The molecule has 0 aliphatic rings. The fraction of sp³-hybridized carbons (Fsp3) is 0.500. The minimum absolute atomic E-state index is 0.704. The van der Waals surface area contributed by atoms with Gasteiger partial charge in [-0.05, 0) is 39.0 Å². The second-order valence-electron chi connectivity index (χ2n) is 3.43. The zero-order chi connectivity index (χ0) is 9.40. The third kappa shape index (κ3) is 5.96. The van der Waals surface area contributed by atoms with Gasteiger partial charge in [0.15, 0.2) is 0 Å². The van der Waals surface area contributed by atoms with Crippen LogP contribution in [0.1, 0.15) is 33.1 Å². The molecule has 0 rings (SSSR count). The van der Waals surface area contributed by atoms with E-state index in [-0.39, 0.29) is 0 Å². The molecule has 0 aliphatic heterocycles. The van der Waals surface area contributed by atoms with E-state index in [9.17, 15) is 0 Å². The number of allylic oxidation sites excluding steroid dienone is 4. The van der Waals surface area contributed by atoms with Gasteiger partial charge in [0.25, 0.3) is 0 Å². The second kappa shape index (κ2) is 6.90. The molecule has 0 unspecified atom stereocenters. The van der Waals surface area contributed by atoms with Crippen LogP contribution in [-0.2, 0) is 0 Å². The topological polar surface area (TPSA) is 0 Å². The van der Waals surface area contributed by atoms with Gasteiger partial charge in [0.1, 0.15) is 0 Å². The van der Waals surface area contributed by atoms with Crippen molar-refractivity contribution in [3.63, 3.8) is 0 Å². The summed E-state index contributed by atoms with van der Waals surface area (Å²) < 4.78 is 0. The molecule has 0 heterocycles. The zero-order valence-corrected chi connectivity index (χ0v) is 8.34. The molecular formula is C12H20. The predicted molar refractivity (Wildman–Crippen MR) is 57.2 cm³/mol. The van der Waals surface area contributed by atoms with Crippen molar-refractivity contribution in [2.75, 3.05) is 0 Å². The minimum Gasteiger partial charge on any atom is -0.103 e. The minimum atomic E-state index is 0.704. The maximum absolute atomic E-state index is 3.75. The molecule has 0 radical (unpaired) electrons. The molecule has 0 aromatic rings. The maximum atomic E-state index is 3.75. The first kappa shape index (κ1) is 11.2. The van der Waals surface area contributed by atoms with E-state index in [2.05, 4.69) is 33.1 Å². The van der Waals surface area contributed by atoms with Crippen LogP contribution in [0.25, 0.3) is 0 Å². The van der Waals surface area contributed by atoms with Crippen molar-refractivity contribution in [1.29, 1.82) is 0 Å². The van der Waals surface area contributed by atoms with Crippen LogP contribution in [0, 0.1) is 5.92 Å². The Morgan fingerprint density at radius 3 is 1.92 bits per heavy atom. The number of rotatable bonds is 6. The molecule has 0 aromatic carbocycles. The van der Waals surface area contributed by atoms with E-state index >= 15 is 0 Å². The summed E-state index contributed by atoms with van der Waals surface area (Å²) in [4.78, 5) is 0. The van der Waals surface area contributed by atoms with Gasteiger partial charge in [-0.2, -0.15) is 0 Å². The summed E-state index contributed by atoms with van der Waals surface area (Å²) in [5, 5.41) is 0. The standard InChI is InChI=1S/C12H20/c1-5-7-12(8-6-2)10-9-11(3)4/h5-6,9,12H,1-2,7-8,10H2,3-4H3. The van der Waals surface area contributed by atoms with Gasteiger partial charge in [0, 0.05) is 0 Å². The fourth-order valence-corrected chi connectivity index (χ4v) is 1.16. The molecule has 0 aromatic heterocycles. The van der Waals surface area contributed by atoms with Gasteiger partial charge in [0.05, 0.1) is 0 Å². The molecule has 0 N–H and O–H groups in total. The first-order valence-corrected chi connectivity index (χ1v) is 4.55. The van der Waals surface area contributed by atoms with Crippen molar-refractivity contribution in [3.8, 4) is 0 Å². The highest BCUT2D eigenvalue weighted by Gasteiger charge is 2.01. The monoisotopic (exact) mass is 164 g/mol. The van der Waals surface area contributed by atoms with Gasteiger partial charge in [-0.25, -0.2) is 0 Å². The molecule has 0 saturated heterocycles. The third-order valence-corrected chi connectivity index (χ3v) is 1.86. The molecule has 0 fully saturated rings. The summed E-state index contributed by atoms with van der Waals surface area (Å²) >= 11 is 0. The van der Waals surface area contributed by atoms with Crippen LogP contribution in [0.15, 0.2) is 37.0 Å². The van der Waals surface area contributed by atoms with Gasteiger partial charge in [-0.1, -0.05) is 23.8 Å². The maximum Gasteiger partial charge on any atom is -0.0310 e. The number of hydrogen-bond acceptors (Lipinski definition) is 0. The van der Waals surface area contributed by atoms with Gasteiger partial charge in [-0.3, -0.25) is 0 Å². The van der Waals surface area contributed by atoms with Crippen molar-refractivity contribution < 1.29 is 0 Å². The molecule has 0 atom stereocenters. The second-order valence-corrected chi connectivity index (χ2v) is 3.43. The molecule has 12 heavy (non-hydrogen) atoms. The van der Waals surface area contributed by atoms with Crippen LogP contribution in [0.5, 0.6) is 0 Å². The molecule has 0 heteroatoms. The number of hydrogen-bond donors (Lipinski definition) is 0. The average Bonchev–Trinajstić information content (AvgIpc) is 2.01. The van der Waals surface area contributed by atoms with Crippen LogP contribution in [-0.4, -0.2) is 0 Å². The Balaban J connectivity index is 3.85. The Kier molecular flexibility index (Phi) is 6.45. The first-order valence-electron chi connectivity index (χ1n) is 4.55. The molecule has 0 amide bonds. The Bertz CT molecular complexity index is 149. The van der Waals surface area contributed by atoms with E-state index in [0.29, 0.717) is 5.92 Å². The molecular weight excluding hydrogens is 144 g/mol. The smallest absolute Gasteiger partial charge is 0.0310 e. The van der Waals surface area contributed by atoms with Crippen molar-refractivity contribution in [1.82, 2.24) is 0 Å². The lowest BCUT2D eigenvalue weighted by Gasteiger charge is -2.09. The Hall–Kier alpha value is -0.780. The molecule has 0 aliphatic carbocycles. The average molecular weight is 164 g/mol. The highest BCUT2D eigenvalue weighted by molar-refractivity contribution is 4.95. The SMILES string of the molecule is C=CCC(CC=C)CC=C(C)C. The van der Waals surface area contributed by atoms with Gasteiger partial charge < -0.3 is 0 Å². The van der Waals surface area contributed by atoms with E-state index in [1.54, 1.807) is 0 Å². The zero-order valence-electron chi connectivity index (χ0n) is 8.34. The van der Waals surface area contributed by atoms with Crippen molar-refractivity contribution in [2.24, 2.45) is 5.92 Å². The Labute approximate surface area is 76.7 Å².